The van der Waals surface area contributed by atoms with Crippen molar-refractivity contribution in [2.75, 3.05) is 6.61 Å². The van der Waals surface area contributed by atoms with E-state index in [1.54, 1.807) is 0 Å². The molecule has 0 heterocycles. The molecule has 3 heteroatoms. The van der Waals surface area contributed by atoms with E-state index < -0.39 is 0 Å². The summed E-state index contributed by atoms with van der Waals surface area (Å²) in [6.07, 6.45) is 6.36. The van der Waals surface area contributed by atoms with E-state index in [0.717, 1.165) is 28.8 Å². The normalized spacial score (nSPS) is 12.2. The molecule has 0 amide bonds. The van der Waals surface area contributed by atoms with E-state index in [9.17, 15) is 0 Å². The summed E-state index contributed by atoms with van der Waals surface area (Å²) in [5.74, 6) is 3.97. The summed E-state index contributed by atoms with van der Waals surface area (Å²) in [7, 11) is 0. The van der Waals surface area contributed by atoms with E-state index in [2.05, 4.69) is 54.0 Å². The highest BCUT2D eigenvalue weighted by Gasteiger charge is 2.12. The fourth-order valence-corrected chi connectivity index (χ4v) is 2.45. The summed E-state index contributed by atoms with van der Waals surface area (Å²) in [6, 6.07) is 6.51. The number of hydrogen-bond acceptors (Lipinski definition) is 2. The third-order valence-corrected chi connectivity index (χ3v) is 3.63. The number of ether oxygens (including phenoxy) is 1. The van der Waals surface area contributed by atoms with Crippen LogP contribution in [0.25, 0.3) is 0 Å². The smallest absolute Gasteiger partial charge is 0.148 e. The zero-order valence-electron chi connectivity index (χ0n) is 11.9. The van der Waals surface area contributed by atoms with Crippen LogP contribution in [0.15, 0.2) is 22.7 Å². The van der Waals surface area contributed by atoms with Crippen molar-refractivity contribution in [3.05, 3.63) is 28.2 Å². The number of hydrogen-bond donors (Lipinski definition) is 1. The minimum Gasteiger partial charge on any atom is -0.481 e. The number of nitrogens with one attached hydrogen (secondary N) is 1. The van der Waals surface area contributed by atoms with E-state index in [4.69, 9.17) is 11.2 Å². The highest BCUT2D eigenvalue weighted by atomic mass is 79.9. The highest BCUT2D eigenvalue weighted by molar-refractivity contribution is 9.10. The van der Waals surface area contributed by atoms with Crippen molar-refractivity contribution in [3.8, 4) is 18.1 Å². The summed E-state index contributed by atoms with van der Waals surface area (Å²) >= 11 is 3.49. The molecule has 0 aromatic heterocycles. The Bertz CT molecular complexity index is 437. The zero-order valence-corrected chi connectivity index (χ0v) is 13.5. The van der Waals surface area contributed by atoms with Gasteiger partial charge < -0.3 is 10.1 Å². The third-order valence-electron chi connectivity index (χ3n) is 3.13. The topological polar surface area (TPSA) is 21.3 Å². The first-order valence-corrected chi connectivity index (χ1v) is 7.45. The van der Waals surface area contributed by atoms with Crippen molar-refractivity contribution in [2.45, 2.75) is 39.8 Å². The fraction of sp³-hybridized carbons (Fsp3) is 0.500. The van der Waals surface area contributed by atoms with Gasteiger partial charge in [-0.05, 0) is 30.5 Å². The molecule has 1 rings (SSSR count). The predicted molar refractivity (Wildman–Crippen MR) is 84.2 cm³/mol. The van der Waals surface area contributed by atoms with Gasteiger partial charge in [0.15, 0.2) is 0 Å². The van der Waals surface area contributed by atoms with E-state index in [1.165, 1.54) is 0 Å². The number of terminal acetylenes is 1. The fourth-order valence-electron chi connectivity index (χ4n) is 2.04. The molecule has 0 aliphatic heterocycles. The second-order valence-corrected chi connectivity index (χ2v) is 5.80. The van der Waals surface area contributed by atoms with Crippen LogP contribution in [0.1, 0.15) is 32.8 Å². The van der Waals surface area contributed by atoms with Gasteiger partial charge in [-0.1, -0.05) is 42.6 Å². The van der Waals surface area contributed by atoms with Gasteiger partial charge in [-0.2, -0.15) is 0 Å². The molecule has 1 aromatic rings. The van der Waals surface area contributed by atoms with Gasteiger partial charge >= 0.3 is 0 Å². The number of benzene rings is 1. The Morgan fingerprint density at radius 2 is 2.16 bits per heavy atom. The van der Waals surface area contributed by atoms with Crippen LogP contribution in [0.4, 0.5) is 0 Å². The van der Waals surface area contributed by atoms with Crippen LogP contribution < -0.4 is 10.1 Å². The second kappa shape index (κ2) is 8.24. The van der Waals surface area contributed by atoms with Crippen molar-refractivity contribution in [2.24, 2.45) is 5.92 Å². The van der Waals surface area contributed by atoms with Crippen molar-refractivity contribution in [1.82, 2.24) is 5.32 Å². The van der Waals surface area contributed by atoms with Gasteiger partial charge in [0.1, 0.15) is 12.4 Å². The molecule has 0 aliphatic rings. The minimum atomic E-state index is 0.302. The van der Waals surface area contributed by atoms with E-state index >= 15 is 0 Å². The van der Waals surface area contributed by atoms with Crippen LogP contribution in [-0.2, 0) is 6.54 Å². The lowest BCUT2D eigenvalue weighted by Gasteiger charge is -2.21. The Labute approximate surface area is 125 Å². The highest BCUT2D eigenvalue weighted by Crippen LogP contribution is 2.23. The molecule has 1 N–H and O–H groups in total. The molecule has 0 fully saturated rings. The second-order valence-electron chi connectivity index (χ2n) is 4.88. The van der Waals surface area contributed by atoms with Gasteiger partial charge in [0, 0.05) is 22.6 Å². The van der Waals surface area contributed by atoms with Crippen LogP contribution in [0.5, 0.6) is 5.75 Å². The molecule has 0 bridgehead atoms. The van der Waals surface area contributed by atoms with E-state index in [1.807, 2.05) is 12.1 Å². The van der Waals surface area contributed by atoms with Gasteiger partial charge in [-0.15, -0.1) is 6.42 Å². The summed E-state index contributed by atoms with van der Waals surface area (Å²) in [6.45, 7) is 7.76. The lowest BCUT2D eigenvalue weighted by atomic mass is 10.0. The molecule has 0 saturated heterocycles. The molecule has 1 atom stereocenters. The number of halogens is 1. The molecule has 19 heavy (non-hydrogen) atoms. The predicted octanol–water partition coefficient (Wildman–Crippen LogP) is 3.99. The maximum absolute atomic E-state index is 5.57. The Morgan fingerprint density at radius 1 is 1.42 bits per heavy atom. The maximum Gasteiger partial charge on any atom is 0.148 e. The molecule has 0 saturated carbocycles. The van der Waals surface area contributed by atoms with Gasteiger partial charge in [0.05, 0.1) is 0 Å². The largest absolute Gasteiger partial charge is 0.481 e. The first-order valence-electron chi connectivity index (χ1n) is 6.66. The lowest BCUT2D eigenvalue weighted by Crippen LogP contribution is -2.32. The molecule has 2 nitrogen and oxygen atoms in total. The summed E-state index contributed by atoms with van der Waals surface area (Å²) < 4.78 is 6.62. The van der Waals surface area contributed by atoms with E-state index in [0.29, 0.717) is 18.6 Å². The van der Waals surface area contributed by atoms with Crippen LogP contribution in [0.2, 0.25) is 0 Å². The van der Waals surface area contributed by atoms with Crippen LogP contribution in [0, 0.1) is 18.3 Å². The monoisotopic (exact) mass is 323 g/mol. The quantitative estimate of drug-likeness (QED) is 0.766. The third kappa shape index (κ3) is 5.26. The standard InChI is InChI=1S/C16H22BrNO/c1-5-9-19-16-8-7-14(17)10-13(16)11-18-15(6-2)12(3)4/h1,7-8,10,12,15,18H,6,9,11H2,2-4H3. The maximum atomic E-state index is 5.57. The van der Waals surface area contributed by atoms with Gasteiger partial charge in [0.2, 0.25) is 0 Å². The van der Waals surface area contributed by atoms with Gasteiger partial charge in [0.25, 0.3) is 0 Å². The molecule has 0 radical (unpaired) electrons. The molecular weight excluding hydrogens is 302 g/mol. The molecule has 1 aromatic carbocycles. The zero-order chi connectivity index (χ0) is 14.3. The lowest BCUT2D eigenvalue weighted by molar-refractivity contribution is 0.355. The molecule has 104 valence electrons. The molecule has 0 spiro atoms. The Kier molecular flexibility index (Phi) is 6.97. The molecular formula is C16H22BrNO. The Balaban J connectivity index is 2.75. The van der Waals surface area contributed by atoms with Crippen molar-refractivity contribution in [1.29, 1.82) is 0 Å². The first-order chi connectivity index (χ1) is 9.08. The summed E-state index contributed by atoms with van der Waals surface area (Å²) in [5, 5.41) is 3.58. The average molecular weight is 324 g/mol. The van der Waals surface area contributed by atoms with Crippen LogP contribution in [-0.4, -0.2) is 12.6 Å². The van der Waals surface area contributed by atoms with E-state index in [-0.39, 0.29) is 0 Å². The van der Waals surface area contributed by atoms with Gasteiger partial charge in [-0.3, -0.25) is 0 Å². The SMILES string of the molecule is C#CCOc1ccc(Br)cc1CNC(CC)C(C)C. The minimum absolute atomic E-state index is 0.302. The Morgan fingerprint density at radius 3 is 2.74 bits per heavy atom. The first kappa shape index (κ1) is 16.1. The van der Waals surface area contributed by atoms with Gasteiger partial charge in [-0.25, -0.2) is 0 Å². The van der Waals surface area contributed by atoms with Crippen LogP contribution >= 0.6 is 15.9 Å². The summed E-state index contributed by atoms with van der Waals surface area (Å²) in [5.41, 5.74) is 1.13. The molecule has 0 aliphatic carbocycles. The van der Waals surface area contributed by atoms with Crippen molar-refractivity contribution < 1.29 is 4.74 Å². The van der Waals surface area contributed by atoms with Crippen LogP contribution in [0.3, 0.4) is 0 Å². The van der Waals surface area contributed by atoms with Crippen molar-refractivity contribution in [3.63, 3.8) is 0 Å². The number of rotatable bonds is 7. The molecule has 1 unspecified atom stereocenters. The average Bonchev–Trinajstić information content (AvgIpc) is 2.38. The van der Waals surface area contributed by atoms with Crippen molar-refractivity contribution >= 4 is 15.9 Å². The summed E-state index contributed by atoms with van der Waals surface area (Å²) in [4.78, 5) is 0. The Hall–Kier alpha value is -0.980.